The fraction of sp³-hybridized carbons (Fsp3) is 0.292. The Kier molecular flexibility index (Phi) is 5.75. The Morgan fingerprint density at radius 3 is 2.35 bits per heavy atom. The summed E-state index contributed by atoms with van der Waals surface area (Å²) in [6.45, 7) is 4.17. The van der Waals surface area contributed by atoms with Gasteiger partial charge in [0, 0.05) is 0 Å². The lowest BCUT2D eigenvalue weighted by molar-refractivity contribution is -0.150. The number of carbonyl (C=O) groups is 3. The van der Waals surface area contributed by atoms with Crippen molar-refractivity contribution in [1.29, 1.82) is 0 Å². The molecule has 160 valence electrons. The van der Waals surface area contributed by atoms with Crippen molar-refractivity contribution in [2.24, 2.45) is 5.92 Å². The molecule has 3 amide bonds. The molecule has 7 heteroatoms. The first-order valence-electron chi connectivity index (χ1n) is 10.3. The Balaban J connectivity index is 1.62. The summed E-state index contributed by atoms with van der Waals surface area (Å²) in [5.41, 5.74) is 0.918. The van der Waals surface area contributed by atoms with Crippen molar-refractivity contribution < 1.29 is 23.9 Å². The molecule has 0 aromatic heterocycles. The topological polar surface area (TPSA) is 76.2 Å². The number of hydrogen-bond donors (Lipinski definition) is 0. The first-order valence-corrected chi connectivity index (χ1v) is 10.3. The van der Waals surface area contributed by atoms with E-state index in [2.05, 4.69) is 0 Å². The molecule has 0 bridgehead atoms. The molecule has 2 aromatic rings. The number of nitrogens with zero attached hydrogens (tertiary/aromatic N) is 2. The predicted octanol–water partition coefficient (Wildman–Crippen LogP) is 3.96. The van der Waals surface area contributed by atoms with Gasteiger partial charge in [0.05, 0.1) is 12.1 Å². The molecule has 2 heterocycles. The number of carbonyl (C=O) groups excluding carboxylic acids is 3. The van der Waals surface area contributed by atoms with Crippen molar-refractivity contribution in [3.05, 3.63) is 72.3 Å². The first kappa shape index (κ1) is 20.7. The number of likely N-dealkylation sites (tertiary alicyclic amines) is 1. The van der Waals surface area contributed by atoms with Crippen LogP contribution in [0.1, 0.15) is 19.4 Å². The minimum absolute atomic E-state index is 0.100. The average molecular weight is 420 g/mol. The van der Waals surface area contributed by atoms with Gasteiger partial charge >= 0.3 is 12.2 Å². The van der Waals surface area contributed by atoms with Crippen molar-refractivity contribution in [2.75, 3.05) is 6.61 Å². The summed E-state index contributed by atoms with van der Waals surface area (Å²) in [5, 5.41) is 0. The third kappa shape index (κ3) is 4.03. The molecule has 1 unspecified atom stereocenters. The number of hydrogen-bond acceptors (Lipinski definition) is 5. The fourth-order valence-corrected chi connectivity index (χ4v) is 3.87. The summed E-state index contributed by atoms with van der Waals surface area (Å²) >= 11 is 0. The normalized spacial score (nSPS) is 23.3. The van der Waals surface area contributed by atoms with Crippen molar-refractivity contribution >= 4 is 24.2 Å². The number of amides is 3. The van der Waals surface area contributed by atoms with Crippen molar-refractivity contribution in [1.82, 2.24) is 9.80 Å². The molecular weight excluding hydrogens is 396 g/mol. The highest BCUT2D eigenvalue weighted by Crippen LogP contribution is 2.34. The number of β-lactam (4-membered cyclic amide) rings is 1. The van der Waals surface area contributed by atoms with Crippen LogP contribution in [-0.4, -0.2) is 52.6 Å². The van der Waals surface area contributed by atoms with Crippen LogP contribution in [0.15, 0.2) is 66.7 Å². The predicted molar refractivity (Wildman–Crippen MR) is 114 cm³/mol. The number of benzene rings is 2. The highest BCUT2D eigenvalue weighted by molar-refractivity contribution is 6.04. The molecule has 0 spiro atoms. The second kappa shape index (κ2) is 8.63. The molecule has 3 atom stereocenters. The summed E-state index contributed by atoms with van der Waals surface area (Å²) in [6, 6.07) is 16.4. The molecule has 0 saturated carbocycles. The third-order valence-corrected chi connectivity index (χ3v) is 5.56. The zero-order chi connectivity index (χ0) is 22.0. The molecule has 0 aliphatic carbocycles. The van der Waals surface area contributed by atoms with E-state index in [1.807, 2.05) is 50.3 Å². The summed E-state index contributed by atoms with van der Waals surface area (Å²) in [7, 11) is 0. The Bertz CT molecular complexity index is 990. The molecule has 0 N–H and O–H groups in total. The van der Waals surface area contributed by atoms with Gasteiger partial charge in [0.25, 0.3) is 5.91 Å². The number of para-hydroxylation sites is 1. The zero-order valence-electron chi connectivity index (χ0n) is 17.4. The van der Waals surface area contributed by atoms with Gasteiger partial charge in [-0.15, -0.1) is 0 Å². The molecule has 31 heavy (non-hydrogen) atoms. The Hall–Kier alpha value is -3.61. The van der Waals surface area contributed by atoms with E-state index in [1.54, 1.807) is 36.4 Å². The lowest BCUT2D eigenvalue weighted by Crippen LogP contribution is -2.73. The maximum Gasteiger partial charge on any atom is 0.422 e. The molecule has 2 saturated heterocycles. The quantitative estimate of drug-likeness (QED) is 0.685. The van der Waals surface area contributed by atoms with Gasteiger partial charge in [0.2, 0.25) is 0 Å². The first-order chi connectivity index (χ1) is 15.0. The van der Waals surface area contributed by atoms with E-state index in [1.165, 1.54) is 4.90 Å². The number of ether oxygens (including phenoxy) is 2. The van der Waals surface area contributed by atoms with Crippen LogP contribution < -0.4 is 4.74 Å². The SMILES string of the molecule is CC(C)C1COC(=O)N1[C@H]1C(=O)N(C(=O)Oc2ccccc2)[C@@H]1/C=C/c1ccccc1. The third-order valence-electron chi connectivity index (χ3n) is 5.56. The van der Waals surface area contributed by atoms with E-state index >= 15 is 0 Å². The van der Waals surface area contributed by atoms with E-state index in [-0.39, 0.29) is 18.6 Å². The molecular formula is C24H24N2O5. The van der Waals surface area contributed by atoms with Gasteiger partial charge < -0.3 is 9.47 Å². The van der Waals surface area contributed by atoms with Crippen molar-refractivity contribution in [3.63, 3.8) is 0 Å². The maximum absolute atomic E-state index is 13.1. The average Bonchev–Trinajstić information content (AvgIpc) is 3.13. The monoisotopic (exact) mass is 420 g/mol. The van der Waals surface area contributed by atoms with Crippen LogP contribution in [0.5, 0.6) is 5.75 Å². The van der Waals surface area contributed by atoms with Gasteiger partial charge in [0.1, 0.15) is 18.4 Å². The molecule has 2 aromatic carbocycles. The molecule has 2 aliphatic heterocycles. The van der Waals surface area contributed by atoms with Crippen LogP contribution in [0, 0.1) is 5.92 Å². The Morgan fingerprint density at radius 2 is 1.71 bits per heavy atom. The lowest BCUT2D eigenvalue weighted by atomic mass is 9.90. The molecule has 4 rings (SSSR count). The van der Waals surface area contributed by atoms with Crippen molar-refractivity contribution in [2.45, 2.75) is 32.0 Å². The number of imide groups is 1. The minimum atomic E-state index is -0.814. The zero-order valence-corrected chi connectivity index (χ0v) is 17.4. The van der Waals surface area contributed by atoms with Gasteiger partial charge in [-0.2, -0.15) is 0 Å². The van der Waals surface area contributed by atoms with Gasteiger partial charge in [-0.1, -0.05) is 74.5 Å². The van der Waals surface area contributed by atoms with Crippen LogP contribution in [0.2, 0.25) is 0 Å². The number of rotatable bonds is 5. The van der Waals surface area contributed by atoms with E-state index in [0.717, 1.165) is 10.5 Å². The van der Waals surface area contributed by atoms with Crippen LogP contribution in [0.4, 0.5) is 9.59 Å². The van der Waals surface area contributed by atoms with Gasteiger partial charge in [-0.3, -0.25) is 9.69 Å². The Morgan fingerprint density at radius 1 is 1.06 bits per heavy atom. The summed E-state index contributed by atoms with van der Waals surface area (Å²) in [5.74, 6) is -0.0355. The molecule has 2 aliphatic rings. The second-order valence-corrected chi connectivity index (χ2v) is 7.89. The molecule has 2 fully saturated rings. The highest BCUT2D eigenvalue weighted by atomic mass is 16.6. The molecule has 0 radical (unpaired) electrons. The number of cyclic esters (lactones) is 1. The van der Waals surface area contributed by atoms with Crippen LogP contribution >= 0.6 is 0 Å². The van der Waals surface area contributed by atoms with Gasteiger partial charge in [-0.05, 0) is 23.6 Å². The Labute approximate surface area is 180 Å². The van der Waals surface area contributed by atoms with E-state index in [9.17, 15) is 14.4 Å². The van der Waals surface area contributed by atoms with E-state index < -0.39 is 30.2 Å². The lowest BCUT2D eigenvalue weighted by Gasteiger charge is -2.47. The summed E-state index contributed by atoms with van der Waals surface area (Å²) in [6.07, 6.45) is 2.28. The fourth-order valence-electron chi connectivity index (χ4n) is 3.87. The smallest absolute Gasteiger partial charge is 0.422 e. The molecule has 7 nitrogen and oxygen atoms in total. The second-order valence-electron chi connectivity index (χ2n) is 7.89. The van der Waals surface area contributed by atoms with E-state index in [4.69, 9.17) is 9.47 Å². The van der Waals surface area contributed by atoms with Crippen molar-refractivity contribution in [3.8, 4) is 5.75 Å². The summed E-state index contributed by atoms with van der Waals surface area (Å²) in [4.78, 5) is 40.8. The maximum atomic E-state index is 13.1. The van der Waals surface area contributed by atoms with Crippen LogP contribution in [0.25, 0.3) is 6.08 Å². The van der Waals surface area contributed by atoms with Gasteiger partial charge in [0.15, 0.2) is 0 Å². The summed E-state index contributed by atoms with van der Waals surface area (Å²) < 4.78 is 10.6. The standard InChI is InChI=1S/C24H24N2O5/c1-16(2)20-15-30-23(28)25(20)21-19(14-13-17-9-5-3-6-10-17)26(22(21)27)24(29)31-18-11-7-4-8-12-18/h3-14,16,19-21H,15H2,1-2H3/b14-13+/t19-,20?,21-/m1/s1. The minimum Gasteiger partial charge on any atom is -0.447 e. The van der Waals surface area contributed by atoms with E-state index in [0.29, 0.717) is 5.75 Å². The highest BCUT2D eigenvalue weighted by Gasteiger charge is 2.58. The van der Waals surface area contributed by atoms with Crippen LogP contribution in [0.3, 0.4) is 0 Å². The van der Waals surface area contributed by atoms with Gasteiger partial charge in [-0.25, -0.2) is 14.5 Å². The largest absolute Gasteiger partial charge is 0.447 e. The van der Waals surface area contributed by atoms with Crippen LogP contribution in [-0.2, 0) is 9.53 Å².